The van der Waals surface area contributed by atoms with Crippen LogP contribution in [-0.4, -0.2) is 24.9 Å². The molecule has 0 atom stereocenters. The summed E-state index contributed by atoms with van der Waals surface area (Å²) in [7, 11) is 0. The van der Waals surface area contributed by atoms with Crippen molar-refractivity contribution in [3.63, 3.8) is 0 Å². The number of nitrogens with zero attached hydrogens (tertiary/aromatic N) is 5. The van der Waals surface area contributed by atoms with Gasteiger partial charge in [-0.25, -0.2) is 0 Å². The van der Waals surface area contributed by atoms with Crippen LogP contribution in [0.25, 0.3) is 99.8 Å². The van der Waals surface area contributed by atoms with Crippen LogP contribution in [0.4, 0.5) is 0 Å². The van der Waals surface area contributed by atoms with Crippen LogP contribution in [-0.2, 0) is 0 Å². The summed E-state index contributed by atoms with van der Waals surface area (Å²) in [5.74, 6) is 0. The molecule has 8 nitrogen and oxygen atoms in total. The van der Waals surface area contributed by atoms with Gasteiger partial charge in [-0.3, -0.25) is 24.9 Å². The number of pyridine rings is 5. The predicted octanol–water partition coefficient (Wildman–Crippen LogP) is 9.36. The maximum Gasteiger partial charge on any atom is 0.163 e. The lowest BCUT2D eigenvalue weighted by Crippen LogP contribution is -1.91. The van der Waals surface area contributed by atoms with E-state index in [9.17, 15) is 0 Å². The first kappa shape index (κ1) is 24.1. The minimum Gasteiger partial charge on any atom is -0.454 e. The lowest BCUT2D eigenvalue weighted by atomic mass is 9.91. The normalized spacial score (nSPS) is 12.0. The van der Waals surface area contributed by atoms with Crippen molar-refractivity contribution in [2.45, 2.75) is 0 Å². The molecule has 0 amide bonds. The van der Waals surface area contributed by atoms with E-state index in [2.05, 4.69) is 38.1 Å². The highest BCUT2D eigenvalue weighted by Crippen LogP contribution is 2.44. The Balaban J connectivity index is 1.29. The molecule has 0 N–H and O–H groups in total. The molecule has 10 rings (SSSR count). The van der Waals surface area contributed by atoms with E-state index in [4.69, 9.17) is 18.2 Å². The van der Waals surface area contributed by atoms with Crippen LogP contribution in [0.3, 0.4) is 0 Å². The fourth-order valence-electron chi connectivity index (χ4n) is 6.39. The number of para-hydroxylation sites is 1. The van der Waals surface area contributed by atoms with Crippen LogP contribution < -0.4 is 0 Å². The van der Waals surface area contributed by atoms with Crippen LogP contribution >= 0.6 is 0 Å². The molecule has 0 bridgehead atoms. The average Bonchev–Trinajstić information content (AvgIpc) is 3.79. The molecule has 0 aliphatic carbocycles. The zero-order valence-electron chi connectivity index (χ0n) is 23.4. The summed E-state index contributed by atoms with van der Waals surface area (Å²) in [4.78, 5) is 23.1. The van der Waals surface area contributed by atoms with Crippen LogP contribution in [0.2, 0.25) is 0 Å². The first-order chi connectivity index (χ1) is 22.3. The van der Waals surface area contributed by atoms with Gasteiger partial charge in [-0.05, 0) is 77.4 Å². The van der Waals surface area contributed by atoms with E-state index < -0.39 is 0 Å². The minimum atomic E-state index is 0.671. The minimum absolute atomic E-state index is 0.671. The maximum atomic E-state index is 6.48. The van der Waals surface area contributed by atoms with Crippen molar-refractivity contribution in [3.8, 4) is 33.4 Å². The highest BCUT2D eigenvalue weighted by atomic mass is 16.3. The summed E-state index contributed by atoms with van der Waals surface area (Å²) in [5, 5.41) is 0.965. The van der Waals surface area contributed by atoms with Crippen molar-refractivity contribution in [2.75, 3.05) is 0 Å². The summed E-state index contributed by atoms with van der Waals surface area (Å²) < 4.78 is 19.2. The standard InChI is InChI=1S/C37H19N5O3/c1-2-6-27-25(5-1)30-36(43-27)24(13-17-40-30)26-19-20(21-11-16-41-33-31-28(44-35(21)33)7-3-14-38-31)9-10-22(26)23-12-18-42-34-32-29(45-37(23)34)8-4-15-39-32/h1-19H. The number of hydrogen-bond donors (Lipinski definition) is 0. The number of benzene rings is 2. The van der Waals surface area contributed by atoms with Gasteiger partial charge in [0.2, 0.25) is 0 Å². The molecule has 210 valence electrons. The first-order valence-corrected chi connectivity index (χ1v) is 14.5. The van der Waals surface area contributed by atoms with Gasteiger partial charge in [0.05, 0.1) is 0 Å². The SMILES string of the molecule is c1ccc2c(c1)oc1c(-c3cc(-c4ccnc5c4oc4cccnc45)ccc3-c3ccnc4c3oc3cccnc34)ccnc12. The fraction of sp³-hybridized carbons (Fsp3) is 0. The third-order valence-electron chi connectivity index (χ3n) is 8.39. The molecule has 0 radical (unpaired) electrons. The van der Waals surface area contributed by atoms with E-state index in [1.807, 2.05) is 72.9 Å². The molecule has 8 aromatic heterocycles. The van der Waals surface area contributed by atoms with Gasteiger partial charge in [-0.1, -0.05) is 24.3 Å². The van der Waals surface area contributed by atoms with Crippen LogP contribution in [0.5, 0.6) is 0 Å². The highest BCUT2D eigenvalue weighted by molar-refractivity contribution is 6.12. The smallest absolute Gasteiger partial charge is 0.163 e. The Kier molecular flexibility index (Phi) is 4.84. The molecular weight excluding hydrogens is 562 g/mol. The Hall–Kier alpha value is -6.41. The van der Waals surface area contributed by atoms with Gasteiger partial charge in [0.25, 0.3) is 0 Å². The van der Waals surface area contributed by atoms with E-state index in [1.54, 1.807) is 24.8 Å². The summed E-state index contributed by atoms with van der Waals surface area (Å²) in [6.45, 7) is 0. The van der Waals surface area contributed by atoms with E-state index in [0.29, 0.717) is 33.4 Å². The van der Waals surface area contributed by atoms with Gasteiger partial charge in [0, 0.05) is 53.1 Å². The summed E-state index contributed by atoms with van der Waals surface area (Å²) in [6.07, 6.45) is 8.94. The van der Waals surface area contributed by atoms with Crippen molar-refractivity contribution < 1.29 is 13.3 Å². The fourth-order valence-corrected chi connectivity index (χ4v) is 6.39. The number of furan rings is 3. The first-order valence-electron chi connectivity index (χ1n) is 14.5. The Bertz CT molecular complexity index is 2790. The zero-order chi connectivity index (χ0) is 29.5. The summed E-state index contributed by atoms with van der Waals surface area (Å²) >= 11 is 0. The summed E-state index contributed by atoms with van der Waals surface area (Å²) in [5.41, 5.74) is 13.5. The predicted molar refractivity (Wildman–Crippen MR) is 174 cm³/mol. The Morgan fingerprint density at radius 3 is 1.62 bits per heavy atom. The molecule has 8 heterocycles. The van der Waals surface area contributed by atoms with Gasteiger partial charge in [0.1, 0.15) is 33.2 Å². The summed E-state index contributed by atoms with van der Waals surface area (Å²) in [6, 6.07) is 27.9. The van der Waals surface area contributed by atoms with E-state index >= 15 is 0 Å². The molecular formula is C37H19N5O3. The third kappa shape index (κ3) is 3.44. The second-order valence-electron chi connectivity index (χ2n) is 10.9. The largest absolute Gasteiger partial charge is 0.454 e. The van der Waals surface area contributed by atoms with Gasteiger partial charge < -0.3 is 13.3 Å². The van der Waals surface area contributed by atoms with E-state index in [-0.39, 0.29) is 0 Å². The van der Waals surface area contributed by atoms with Crippen molar-refractivity contribution >= 4 is 66.5 Å². The second-order valence-corrected chi connectivity index (χ2v) is 10.9. The van der Waals surface area contributed by atoms with Gasteiger partial charge in [-0.2, -0.15) is 0 Å². The average molecular weight is 582 g/mol. The van der Waals surface area contributed by atoms with E-state index in [0.717, 1.165) is 66.4 Å². The zero-order valence-corrected chi connectivity index (χ0v) is 23.4. The molecule has 8 heteroatoms. The molecule has 2 aromatic carbocycles. The van der Waals surface area contributed by atoms with Gasteiger partial charge >= 0.3 is 0 Å². The highest BCUT2D eigenvalue weighted by Gasteiger charge is 2.22. The number of fused-ring (bicyclic) bond motifs is 9. The lowest BCUT2D eigenvalue weighted by Gasteiger charge is -2.14. The van der Waals surface area contributed by atoms with Crippen LogP contribution in [0.15, 0.2) is 129 Å². The van der Waals surface area contributed by atoms with Crippen molar-refractivity contribution in [1.29, 1.82) is 0 Å². The monoisotopic (exact) mass is 581 g/mol. The van der Waals surface area contributed by atoms with Crippen LogP contribution in [0, 0.1) is 0 Å². The molecule has 0 saturated carbocycles. The van der Waals surface area contributed by atoms with Gasteiger partial charge in [-0.15, -0.1) is 0 Å². The van der Waals surface area contributed by atoms with E-state index in [1.165, 1.54) is 0 Å². The Morgan fingerprint density at radius 2 is 0.889 bits per heavy atom. The number of rotatable bonds is 3. The molecule has 0 aliphatic heterocycles. The van der Waals surface area contributed by atoms with Crippen molar-refractivity contribution in [2.24, 2.45) is 0 Å². The second kappa shape index (κ2) is 9.05. The molecule has 0 unspecified atom stereocenters. The number of hydrogen-bond acceptors (Lipinski definition) is 8. The maximum absolute atomic E-state index is 6.48. The Labute approximate surface area is 253 Å². The number of aromatic nitrogens is 5. The molecule has 0 saturated heterocycles. The van der Waals surface area contributed by atoms with Crippen molar-refractivity contribution in [3.05, 3.63) is 116 Å². The van der Waals surface area contributed by atoms with Crippen molar-refractivity contribution in [1.82, 2.24) is 24.9 Å². The lowest BCUT2D eigenvalue weighted by molar-refractivity contribution is 0.667. The van der Waals surface area contributed by atoms with Crippen LogP contribution in [0.1, 0.15) is 0 Å². The Morgan fingerprint density at radius 1 is 0.356 bits per heavy atom. The molecule has 0 spiro atoms. The quantitative estimate of drug-likeness (QED) is 0.203. The topological polar surface area (TPSA) is 104 Å². The molecule has 45 heavy (non-hydrogen) atoms. The molecule has 0 aliphatic rings. The molecule has 10 aromatic rings. The third-order valence-corrected chi connectivity index (χ3v) is 8.39. The molecule has 0 fully saturated rings. The van der Waals surface area contributed by atoms with Gasteiger partial charge in [0.15, 0.2) is 27.9 Å².